The molecule has 0 spiro atoms. The molecule has 0 aliphatic carbocycles. The molecular weight excluding hydrogens is 272 g/mol. The molecule has 1 atom stereocenters. The summed E-state index contributed by atoms with van der Waals surface area (Å²) in [5, 5.41) is 0. The van der Waals surface area contributed by atoms with Crippen LogP contribution in [0.3, 0.4) is 0 Å². The summed E-state index contributed by atoms with van der Waals surface area (Å²) in [6.07, 6.45) is 2.37. The van der Waals surface area contributed by atoms with E-state index in [0.717, 1.165) is 19.6 Å². The number of hydrogen-bond donors (Lipinski definition) is 0. The third-order valence-electron chi connectivity index (χ3n) is 4.88. The van der Waals surface area contributed by atoms with E-state index in [1.54, 1.807) is 0 Å². The van der Waals surface area contributed by atoms with Gasteiger partial charge in [0.1, 0.15) is 0 Å². The van der Waals surface area contributed by atoms with Crippen molar-refractivity contribution in [2.24, 2.45) is 11.8 Å². The summed E-state index contributed by atoms with van der Waals surface area (Å²) in [7, 11) is 1.95. The lowest BCUT2D eigenvalue weighted by Gasteiger charge is -2.37. The Morgan fingerprint density at radius 3 is 2.32 bits per heavy atom. The van der Waals surface area contributed by atoms with Gasteiger partial charge in [0.25, 0.3) is 0 Å². The molecule has 0 radical (unpaired) electrons. The van der Waals surface area contributed by atoms with Gasteiger partial charge in [-0.3, -0.25) is 9.69 Å². The molecule has 1 aliphatic heterocycles. The van der Waals surface area contributed by atoms with E-state index >= 15 is 0 Å². The molecule has 1 aromatic rings. The van der Waals surface area contributed by atoms with Gasteiger partial charge in [-0.2, -0.15) is 0 Å². The highest BCUT2D eigenvalue weighted by molar-refractivity contribution is 5.77. The van der Waals surface area contributed by atoms with Gasteiger partial charge in [-0.1, -0.05) is 44.2 Å². The average molecular weight is 302 g/mol. The Labute approximate surface area is 135 Å². The quantitative estimate of drug-likeness (QED) is 0.830. The van der Waals surface area contributed by atoms with Gasteiger partial charge in [0.2, 0.25) is 5.91 Å². The predicted molar refractivity (Wildman–Crippen MR) is 91.6 cm³/mol. The lowest BCUT2D eigenvalue weighted by molar-refractivity contribution is -0.133. The highest BCUT2D eigenvalue weighted by Gasteiger charge is 2.25. The summed E-state index contributed by atoms with van der Waals surface area (Å²) >= 11 is 0. The van der Waals surface area contributed by atoms with Crippen LogP contribution in [0.4, 0.5) is 0 Å². The summed E-state index contributed by atoms with van der Waals surface area (Å²) in [5.74, 6) is 1.01. The van der Waals surface area contributed by atoms with Crippen molar-refractivity contribution in [3.63, 3.8) is 0 Å². The Morgan fingerprint density at radius 1 is 1.18 bits per heavy atom. The first kappa shape index (κ1) is 17.0. The molecule has 3 nitrogen and oxygen atoms in total. The largest absolute Gasteiger partial charge is 0.345 e. The van der Waals surface area contributed by atoms with Gasteiger partial charge in [0, 0.05) is 25.6 Å². The van der Waals surface area contributed by atoms with Gasteiger partial charge in [-0.25, -0.2) is 0 Å². The van der Waals surface area contributed by atoms with Crippen LogP contribution in [-0.2, 0) is 4.79 Å². The predicted octanol–water partition coefficient (Wildman–Crippen LogP) is 3.57. The molecule has 0 saturated carbocycles. The van der Waals surface area contributed by atoms with Gasteiger partial charge in [0.15, 0.2) is 0 Å². The van der Waals surface area contributed by atoms with E-state index in [2.05, 4.69) is 42.2 Å². The normalized spacial score (nSPS) is 18.4. The topological polar surface area (TPSA) is 23.6 Å². The number of benzene rings is 1. The molecule has 2 rings (SSSR count). The first-order chi connectivity index (χ1) is 10.5. The Bertz CT molecular complexity index is 464. The SMILES string of the molecule is CC(C)C(=O)N(C)CC1CCN(C(C)c2ccccc2)CC1. The average Bonchev–Trinajstić information content (AvgIpc) is 2.54. The van der Waals surface area contributed by atoms with Crippen molar-refractivity contribution in [1.29, 1.82) is 0 Å². The van der Waals surface area contributed by atoms with Gasteiger partial charge < -0.3 is 4.90 Å². The Morgan fingerprint density at radius 2 is 1.77 bits per heavy atom. The van der Waals surface area contributed by atoms with Crippen molar-refractivity contribution in [1.82, 2.24) is 9.80 Å². The maximum Gasteiger partial charge on any atom is 0.224 e. The van der Waals surface area contributed by atoms with Crippen molar-refractivity contribution in [3.8, 4) is 0 Å². The fourth-order valence-electron chi connectivity index (χ4n) is 3.38. The molecule has 1 aromatic carbocycles. The van der Waals surface area contributed by atoms with E-state index in [1.807, 2.05) is 25.8 Å². The summed E-state index contributed by atoms with van der Waals surface area (Å²) in [6.45, 7) is 9.41. The summed E-state index contributed by atoms with van der Waals surface area (Å²) in [4.78, 5) is 16.5. The van der Waals surface area contributed by atoms with Crippen molar-refractivity contribution in [2.45, 2.75) is 39.7 Å². The lowest BCUT2D eigenvalue weighted by atomic mass is 9.94. The van der Waals surface area contributed by atoms with Crippen LogP contribution in [0.15, 0.2) is 30.3 Å². The monoisotopic (exact) mass is 302 g/mol. The van der Waals surface area contributed by atoms with Crippen LogP contribution in [-0.4, -0.2) is 42.4 Å². The first-order valence-electron chi connectivity index (χ1n) is 8.53. The van der Waals surface area contributed by atoms with Crippen LogP contribution in [0.5, 0.6) is 0 Å². The molecule has 1 heterocycles. The smallest absolute Gasteiger partial charge is 0.224 e. The third kappa shape index (κ3) is 4.33. The van der Waals surface area contributed by atoms with Gasteiger partial charge in [-0.05, 0) is 44.3 Å². The molecule has 1 aliphatic rings. The second-order valence-corrected chi connectivity index (χ2v) is 6.94. The van der Waals surface area contributed by atoms with E-state index in [1.165, 1.54) is 18.4 Å². The van der Waals surface area contributed by atoms with Crippen LogP contribution < -0.4 is 0 Å². The highest BCUT2D eigenvalue weighted by Crippen LogP contribution is 2.26. The second-order valence-electron chi connectivity index (χ2n) is 6.94. The van der Waals surface area contributed by atoms with Crippen molar-refractivity contribution >= 4 is 5.91 Å². The molecule has 1 fully saturated rings. The fourth-order valence-corrected chi connectivity index (χ4v) is 3.38. The van der Waals surface area contributed by atoms with Gasteiger partial charge >= 0.3 is 0 Å². The van der Waals surface area contributed by atoms with Crippen molar-refractivity contribution in [2.75, 3.05) is 26.7 Å². The molecule has 3 heteroatoms. The maximum atomic E-state index is 12.0. The van der Waals surface area contributed by atoms with Crippen molar-refractivity contribution < 1.29 is 4.79 Å². The number of piperidine rings is 1. The second kappa shape index (κ2) is 7.77. The van der Waals surface area contributed by atoms with Crippen LogP contribution >= 0.6 is 0 Å². The van der Waals surface area contributed by atoms with E-state index in [9.17, 15) is 4.79 Å². The van der Waals surface area contributed by atoms with Crippen molar-refractivity contribution in [3.05, 3.63) is 35.9 Å². The Hall–Kier alpha value is -1.35. The van der Waals surface area contributed by atoms with Crippen LogP contribution in [0.1, 0.15) is 45.2 Å². The lowest BCUT2D eigenvalue weighted by Crippen LogP contribution is -2.41. The molecule has 122 valence electrons. The number of nitrogens with zero attached hydrogens (tertiary/aromatic N) is 2. The summed E-state index contributed by atoms with van der Waals surface area (Å²) < 4.78 is 0. The van der Waals surface area contributed by atoms with E-state index in [-0.39, 0.29) is 11.8 Å². The van der Waals surface area contributed by atoms with Gasteiger partial charge in [0.05, 0.1) is 0 Å². The molecule has 22 heavy (non-hydrogen) atoms. The standard InChI is InChI=1S/C19H30N2O/c1-15(2)19(22)20(4)14-17-10-12-21(13-11-17)16(3)18-8-6-5-7-9-18/h5-9,15-17H,10-14H2,1-4H3. The zero-order valence-electron chi connectivity index (χ0n) is 14.5. The minimum Gasteiger partial charge on any atom is -0.345 e. The summed E-state index contributed by atoms with van der Waals surface area (Å²) in [5.41, 5.74) is 1.40. The summed E-state index contributed by atoms with van der Waals surface area (Å²) in [6, 6.07) is 11.2. The molecule has 1 amide bonds. The number of carbonyl (C=O) groups is 1. The minimum absolute atomic E-state index is 0.100. The number of likely N-dealkylation sites (tertiary alicyclic amines) is 1. The molecular formula is C19H30N2O. The van der Waals surface area contributed by atoms with Crippen LogP contribution in [0, 0.1) is 11.8 Å². The van der Waals surface area contributed by atoms with E-state index < -0.39 is 0 Å². The zero-order valence-corrected chi connectivity index (χ0v) is 14.5. The number of carbonyl (C=O) groups excluding carboxylic acids is 1. The van der Waals surface area contributed by atoms with E-state index in [0.29, 0.717) is 12.0 Å². The number of hydrogen-bond acceptors (Lipinski definition) is 2. The molecule has 1 unspecified atom stereocenters. The third-order valence-corrected chi connectivity index (χ3v) is 4.88. The van der Waals surface area contributed by atoms with Crippen LogP contribution in [0.25, 0.3) is 0 Å². The Balaban J connectivity index is 1.82. The minimum atomic E-state index is 0.100. The molecule has 0 aromatic heterocycles. The molecule has 0 N–H and O–H groups in total. The first-order valence-corrected chi connectivity index (χ1v) is 8.53. The molecule has 1 saturated heterocycles. The van der Waals surface area contributed by atoms with E-state index in [4.69, 9.17) is 0 Å². The maximum absolute atomic E-state index is 12.0. The van der Waals surface area contributed by atoms with Crippen LogP contribution in [0.2, 0.25) is 0 Å². The highest BCUT2D eigenvalue weighted by atomic mass is 16.2. The Kier molecular flexibility index (Phi) is 6.01. The number of amides is 1. The molecule has 0 bridgehead atoms. The zero-order chi connectivity index (χ0) is 16.1. The number of rotatable bonds is 5. The fraction of sp³-hybridized carbons (Fsp3) is 0.632. The van der Waals surface area contributed by atoms with Gasteiger partial charge in [-0.15, -0.1) is 0 Å².